The molecular weight excluding hydrogens is 416 g/mol. The van der Waals surface area contributed by atoms with Crippen molar-refractivity contribution >= 4 is 28.0 Å². The first kappa shape index (κ1) is 22.4. The number of benzene rings is 3. The quantitative estimate of drug-likeness (QED) is 0.346. The Bertz CT molecular complexity index is 1260. The SMILES string of the molecule is CC(C)c1ccc(-c2ccc3nccc(Nc4ccc(N5CCC(N(C)C)C5)cc4)c3c2)cc1. The van der Waals surface area contributed by atoms with Gasteiger partial charge < -0.3 is 15.1 Å². The van der Waals surface area contributed by atoms with E-state index in [1.54, 1.807) is 0 Å². The molecule has 1 fully saturated rings. The molecule has 4 aromatic rings. The van der Waals surface area contributed by atoms with Crippen LogP contribution in [0.3, 0.4) is 0 Å². The molecule has 34 heavy (non-hydrogen) atoms. The summed E-state index contributed by atoms with van der Waals surface area (Å²) in [6.45, 7) is 6.67. The molecule has 1 saturated heterocycles. The number of hydrogen-bond acceptors (Lipinski definition) is 4. The molecule has 1 atom stereocenters. The van der Waals surface area contributed by atoms with E-state index in [1.807, 2.05) is 6.20 Å². The van der Waals surface area contributed by atoms with Crippen LogP contribution >= 0.6 is 0 Å². The number of rotatable bonds is 6. The second-order valence-electron chi connectivity index (χ2n) is 9.89. The number of pyridine rings is 1. The highest BCUT2D eigenvalue weighted by atomic mass is 15.2. The predicted octanol–water partition coefficient (Wildman–Crippen LogP) is 6.91. The lowest BCUT2D eigenvalue weighted by Crippen LogP contribution is -2.31. The molecule has 1 aliphatic rings. The zero-order chi connectivity index (χ0) is 23.7. The Morgan fingerprint density at radius 1 is 0.912 bits per heavy atom. The van der Waals surface area contributed by atoms with Crippen molar-refractivity contribution < 1.29 is 0 Å². The predicted molar refractivity (Wildman–Crippen MR) is 145 cm³/mol. The van der Waals surface area contributed by atoms with Crippen LogP contribution in [-0.2, 0) is 0 Å². The van der Waals surface area contributed by atoms with Crippen LogP contribution in [0.2, 0.25) is 0 Å². The maximum atomic E-state index is 4.59. The summed E-state index contributed by atoms with van der Waals surface area (Å²) in [6, 6.07) is 26.9. The summed E-state index contributed by atoms with van der Waals surface area (Å²) in [4.78, 5) is 9.40. The van der Waals surface area contributed by atoms with E-state index in [2.05, 4.69) is 121 Å². The maximum absolute atomic E-state index is 4.59. The minimum absolute atomic E-state index is 0.539. The Morgan fingerprint density at radius 3 is 2.32 bits per heavy atom. The van der Waals surface area contributed by atoms with E-state index in [-0.39, 0.29) is 0 Å². The summed E-state index contributed by atoms with van der Waals surface area (Å²) in [7, 11) is 4.35. The number of aromatic nitrogens is 1. The van der Waals surface area contributed by atoms with Gasteiger partial charge in [0, 0.05) is 47.8 Å². The fraction of sp³-hybridized carbons (Fsp3) is 0.300. The van der Waals surface area contributed by atoms with Crippen LogP contribution in [-0.4, -0.2) is 43.1 Å². The number of likely N-dealkylation sites (N-methyl/N-ethyl adjacent to an activating group) is 1. The topological polar surface area (TPSA) is 31.4 Å². The van der Waals surface area contributed by atoms with Crippen molar-refractivity contribution in [3.05, 3.63) is 84.6 Å². The van der Waals surface area contributed by atoms with Gasteiger partial charge in [-0.25, -0.2) is 0 Å². The fourth-order valence-electron chi connectivity index (χ4n) is 4.80. The van der Waals surface area contributed by atoms with E-state index in [4.69, 9.17) is 0 Å². The summed E-state index contributed by atoms with van der Waals surface area (Å²) in [5.74, 6) is 0.539. The Hall–Kier alpha value is -3.37. The van der Waals surface area contributed by atoms with Gasteiger partial charge in [0.15, 0.2) is 0 Å². The normalized spacial score (nSPS) is 16.1. The molecular formula is C30H34N4. The van der Waals surface area contributed by atoms with Gasteiger partial charge in [0.05, 0.1) is 5.52 Å². The van der Waals surface area contributed by atoms with E-state index in [1.165, 1.54) is 28.8 Å². The zero-order valence-electron chi connectivity index (χ0n) is 20.6. The van der Waals surface area contributed by atoms with E-state index < -0.39 is 0 Å². The first-order valence-corrected chi connectivity index (χ1v) is 12.3. The van der Waals surface area contributed by atoms with Gasteiger partial charge in [0.25, 0.3) is 0 Å². The van der Waals surface area contributed by atoms with E-state index >= 15 is 0 Å². The zero-order valence-corrected chi connectivity index (χ0v) is 20.6. The molecule has 3 aromatic carbocycles. The third-order valence-electron chi connectivity index (χ3n) is 7.06. The summed E-state index contributed by atoms with van der Waals surface area (Å²) in [5.41, 5.74) is 8.25. The molecule has 0 bridgehead atoms. The van der Waals surface area contributed by atoms with Gasteiger partial charge in [0.1, 0.15) is 0 Å². The maximum Gasteiger partial charge on any atom is 0.0723 e. The highest BCUT2D eigenvalue weighted by Crippen LogP contribution is 2.31. The number of nitrogens with one attached hydrogen (secondary N) is 1. The Labute approximate surface area is 203 Å². The van der Waals surface area contributed by atoms with Crippen LogP contribution in [0.1, 0.15) is 31.7 Å². The van der Waals surface area contributed by atoms with Gasteiger partial charge in [-0.2, -0.15) is 0 Å². The molecule has 1 unspecified atom stereocenters. The second-order valence-corrected chi connectivity index (χ2v) is 9.89. The second kappa shape index (κ2) is 9.47. The molecule has 1 aromatic heterocycles. The van der Waals surface area contributed by atoms with Gasteiger partial charge in [-0.1, -0.05) is 44.2 Å². The molecule has 4 nitrogen and oxygen atoms in total. The standard InChI is InChI=1S/C30H34N4/c1-21(2)22-5-7-23(8-6-22)24-9-14-29-28(19-24)30(15-17-31-29)32-25-10-12-26(13-11-25)34-18-16-27(20-34)33(3)4/h5-15,17,19,21,27H,16,18,20H2,1-4H3,(H,31,32). The van der Waals surface area contributed by atoms with Crippen LogP contribution in [0, 0.1) is 0 Å². The molecule has 0 amide bonds. The van der Waals surface area contributed by atoms with Crippen LogP contribution in [0.5, 0.6) is 0 Å². The van der Waals surface area contributed by atoms with Crippen LogP contribution < -0.4 is 10.2 Å². The largest absolute Gasteiger partial charge is 0.370 e. The number of anilines is 3. The number of hydrogen-bond donors (Lipinski definition) is 1. The van der Waals surface area contributed by atoms with Crippen LogP contribution in [0.4, 0.5) is 17.1 Å². The minimum atomic E-state index is 0.539. The van der Waals surface area contributed by atoms with Gasteiger partial charge >= 0.3 is 0 Å². The Kier molecular flexibility index (Phi) is 6.25. The van der Waals surface area contributed by atoms with Crippen molar-refractivity contribution in [3.8, 4) is 11.1 Å². The lowest BCUT2D eigenvalue weighted by atomic mass is 9.98. The molecule has 0 radical (unpaired) electrons. The monoisotopic (exact) mass is 450 g/mol. The third kappa shape index (κ3) is 4.64. The lowest BCUT2D eigenvalue weighted by Gasteiger charge is -2.22. The van der Waals surface area contributed by atoms with Gasteiger partial charge in [-0.05, 0) is 85.6 Å². The van der Waals surface area contributed by atoms with Crippen molar-refractivity contribution in [1.29, 1.82) is 0 Å². The first-order valence-electron chi connectivity index (χ1n) is 12.3. The van der Waals surface area contributed by atoms with Crippen molar-refractivity contribution in [2.75, 3.05) is 37.4 Å². The van der Waals surface area contributed by atoms with E-state index in [0.717, 1.165) is 35.4 Å². The van der Waals surface area contributed by atoms with Gasteiger partial charge in [-0.3, -0.25) is 4.98 Å². The average Bonchev–Trinajstić information content (AvgIpc) is 3.35. The van der Waals surface area contributed by atoms with Gasteiger partial charge in [0.2, 0.25) is 0 Å². The Morgan fingerprint density at radius 2 is 1.65 bits per heavy atom. The highest BCUT2D eigenvalue weighted by molar-refractivity contribution is 5.95. The van der Waals surface area contributed by atoms with E-state index in [0.29, 0.717) is 12.0 Å². The van der Waals surface area contributed by atoms with Crippen LogP contribution in [0.25, 0.3) is 22.0 Å². The number of nitrogens with zero attached hydrogens (tertiary/aromatic N) is 3. The number of fused-ring (bicyclic) bond motifs is 1. The molecule has 174 valence electrons. The molecule has 0 spiro atoms. The minimum Gasteiger partial charge on any atom is -0.370 e. The molecule has 1 aliphatic heterocycles. The van der Waals surface area contributed by atoms with Crippen molar-refractivity contribution in [3.63, 3.8) is 0 Å². The molecule has 0 aliphatic carbocycles. The average molecular weight is 451 g/mol. The summed E-state index contributed by atoms with van der Waals surface area (Å²) in [5, 5.41) is 4.76. The molecule has 2 heterocycles. The van der Waals surface area contributed by atoms with Gasteiger partial charge in [-0.15, -0.1) is 0 Å². The smallest absolute Gasteiger partial charge is 0.0723 e. The Balaban J connectivity index is 1.38. The molecule has 1 N–H and O–H groups in total. The van der Waals surface area contributed by atoms with Crippen LogP contribution in [0.15, 0.2) is 79.0 Å². The van der Waals surface area contributed by atoms with Crippen molar-refractivity contribution in [2.24, 2.45) is 0 Å². The van der Waals surface area contributed by atoms with E-state index in [9.17, 15) is 0 Å². The molecule has 0 saturated carbocycles. The van der Waals surface area contributed by atoms with Crippen molar-refractivity contribution in [2.45, 2.75) is 32.2 Å². The molecule has 5 rings (SSSR count). The highest BCUT2D eigenvalue weighted by Gasteiger charge is 2.23. The van der Waals surface area contributed by atoms with Crippen molar-refractivity contribution in [1.82, 2.24) is 9.88 Å². The lowest BCUT2D eigenvalue weighted by molar-refractivity contribution is 0.315. The molecule has 4 heteroatoms. The fourth-order valence-corrected chi connectivity index (χ4v) is 4.80. The third-order valence-corrected chi connectivity index (χ3v) is 7.06. The first-order chi connectivity index (χ1) is 16.5. The summed E-state index contributed by atoms with van der Waals surface area (Å²) >= 11 is 0. The summed E-state index contributed by atoms with van der Waals surface area (Å²) < 4.78 is 0. The summed E-state index contributed by atoms with van der Waals surface area (Å²) in [6.07, 6.45) is 3.10.